The Labute approximate surface area is 460 Å². The Hall–Kier alpha value is -5.38. The van der Waals surface area contributed by atoms with Crippen LogP contribution in [0.25, 0.3) is 11.4 Å². The van der Waals surface area contributed by atoms with Crippen LogP contribution in [0.5, 0.6) is 0 Å². The van der Waals surface area contributed by atoms with Crippen molar-refractivity contribution in [1.29, 1.82) is 0 Å². The lowest BCUT2D eigenvalue weighted by atomic mass is 9.77. The van der Waals surface area contributed by atoms with Crippen molar-refractivity contribution in [3.05, 3.63) is 40.9 Å². The summed E-state index contributed by atoms with van der Waals surface area (Å²) in [5.74, 6) is 2.41. The third kappa shape index (κ3) is 14.0. The topological polar surface area (TPSA) is 213 Å². The van der Waals surface area contributed by atoms with E-state index in [4.69, 9.17) is 55.6 Å². The molecule has 0 aliphatic carbocycles. The van der Waals surface area contributed by atoms with Crippen LogP contribution in [-0.2, 0) is 28.3 Å². The van der Waals surface area contributed by atoms with E-state index in [1.165, 1.54) is 30.9 Å². The van der Waals surface area contributed by atoms with Gasteiger partial charge in [-0.1, -0.05) is 0 Å². The van der Waals surface area contributed by atoms with Crippen molar-refractivity contribution >= 4 is 65.9 Å². The van der Waals surface area contributed by atoms with E-state index < -0.39 is 31.2 Å². The summed E-state index contributed by atoms with van der Waals surface area (Å²) < 4.78 is 88.7. The molecule has 2 N–H and O–H groups in total. The van der Waals surface area contributed by atoms with Gasteiger partial charge in [-0.3, -0.25) is 0 Å². The predicted octanol–water partition coefficient (Wildman–Crippen LogP) is 6.98. The maximum Gasteiger partial charge on any atom is 0.496 e. The zero-order chi connectivity index (χ0) is 57.2. The summed E-state index contributed by atoms with van der Waals surface area (Å²) in [6.45, 7) is 31.3. The molecule has 9 heterocycles. The predicted molar refractivity (Wildman–Crippen MR) is 293 cm³/mol. The van der Waals surface area contributed by atoms with E-state index in [-0.39, 0.29) is 67.1 Å². The molecule has 27 heteroatoms. The molecule has 0 spiro atoms. The minimum Gasteiger partial charge on any atom is -0.399 e. The highest BCUT2D eigenvalue weighted by Crippen LogP contribution is 2.39. The molecule has 5 aliphatic heterocycles. The lowest BCUT2D eigenvalue weighted by Crippen LogP contribution is -2.55. The molecule has 5 fully saturated rings. The first-order chi connectivity index (χ1) is 36.4. The molecule has 0 atom stereocenters. The number of aromatic nitrogens is 8. The first-order valence-electron chi connectivity index (χ1n) is 25.9. The largest absolute Gasteiger partial charge is 0.496 e. The second kappa shape index (κ2) is 23.8. The van der Waals surface area contributed by atoms with Crippen molar-refractivity contribution in [2.75, 3.05) is 118 Å². The Kier molecular flexibility index (Phi) is 18.4. The normalized spacial score (nSPS) is 21.3. The average molecular weight is 1120 g/mol. The highest BCUT2D eigenvalue weighted by Gasteiger charge is 2.53. The third-order valence-corrected chi connectivity index (χ3v) is 14.5. The maximum absolute atomic E-state index is 13.8. The van der Waals surface area contributed by atoms with Gasteiger partial charge in [0, 0.05) is 74.8 Å². The van der Waals surface area contributed by atoms with Gasteiger partial charge in [0.2, 0.25) is 29.1 Å². The highest BCUT2D eigenvalue weighted by molar-refractivity contribution is 6.62. The summed E-state index contributed by atoms with van der Waals surface area (Å²) in [4.78, 5) is 49.6. The Bertz CT molecular complexity index is 2640. The third-order valence-electron chi connectivity index (χ3n) is 14.3. The number of halogens is 5. The van der Waals surface area contributed by atoms with E-state index >= 15 is 0 Å². The molecule has 9 rings (SSSR count). The quantitative estimate of drug-likeness (QED) is 0.0734. The molecular weight excluding hydrogens is 1040 g/mol. The monoisotopic (exact) mass is 1120 g/mol. The molecule has 0 aromatic carbocycles. The van der Waals surface area contributed by atoms with E-state index in [0.29, 0.717) is 89.7 Å². The molecule has 0 radical (unpaired) electrons. The summed E-state index contributed by atoms with van der Waals surface area (Å²) >= 11 is 6.20. The van der Waals surface area contributed by atoms with Gasteiger partial charge in [0.15, 0.2) is 11.6 Å². The Morgan fingerprint density at radius 2 is 0.987 bits per heavy atom. The number of morpholine rings is 4. The second-order valence-corrected chi connectivity index (χ2v) is 23.6. The summed E-state index contributed by atoms with van der Waals surface area (Å²) in [5.41, 5.74) is 3.30. The molecule has 4 aromatic rings. The van der Waals surface area contributed by atoms with Crippen LogP contribution in [0.1, 0.15) is 107 Å². The highest BCUT2D eigenvalue weighted by atomic mass is 35.5. The van der Waals surface area contributed by atoms with E-state index in [1.54, 1.807) is 19.0 Å². The number of hydrogen-bond donors (Lipinski definition) is 1. The van der Waals surface area contributed by atoms with Gasteiger partial charge in [-0.25, -0.2) is 32.5 Å². The first-order valence-corrected chi connectivity index (χ1v) is 26.3. The number of anilines is 5. The lowest BCUT2D eigenvalue weighted by molar-refractivity contribution is 0.00578. The van der Waals surface area contributed by atoms with Crippen LogP contribution in [0.15, 0.2) is 29.5 Å². The van der Waals surface area contributed by atoms with Crippen molar-refractivity contribution < 1.29 is 45.8 Å². The molecule has 0 saturated carbocycles. The van der Waals surface area contributed by atoms with Crippen molar-refractivity contribution in [3.8, 4) is 11.4 Å². The second-order valence-electron chi connectivity index (χ2n) is 23.3. The molecular formula is C51H75BClF4N15O6. The number of aliphatic imine (C=N–C) groups is 1. The van der Waals surface area contributed by atoms with Crippen molar-refractivity contribution in [2.24, 2.45) is 4.99 Å². The summed E-state index contributed by atoms with van der Waals surface area (Å²) in [5, 5.41) is 0.217. The van der Waals surface area contributed by atoms with Crippen molar-refractivity contribution in [2.45, 2.75) is 129 Å². The molecule has 21 nitrogen and oxygen atoms in total. The number of nitrogens with zero attached hydrogens (tertiary/aromatic N) is 14. The lowest BCUT2D eigenvalue weighted by Gasteiger charge is -2.44. The number of rotatable bonds is 10. The van der Waals surface area contributed by atoms with Gasteiger partial charge in [0.05, 0.1) is 92.6 Å². The summed E-state index contributed by atoms with van der Waals surface area (Å²) in [6, 6.07) is 2.44. The standard InChI is InChI=1S/C21H29F2N7O2.C15H22BF2N3O2.C15H24ClN5O2/c1-20(2)11-31-7-5-29(20)18-26-17(14-10-25-15(24)9-13(14)16(22)23)27-19(28-18)30-6-8-32-12-21(30,3)4;1-14(2)15(3,4)23-16(22-14)11-8-19-12(20-9-21(5)6)7-10(11)13(17)18;1-14(2)9-22-7-5-20(14)12-17-11(16)18-13(19-12)21-6-8-23-10-15(21,3)4/h9-10,16H,5-8,11-12H2,1-4H3,(H2,24,25);7-9,13H,1-6H3;5-10H2,1-4H3. The van der Waals surface area contributed by atoms with Crippen LogP contribution in [-0.4, -0.2) is 185 Å². The van der Waals surface area contributed by atoms with Crippen LogP contribution >= 0.6 is 11.6 Å². The number of hydrogen-bond acceptors (Lipinski definition) is 20. The van der Waals surface area contributed by atoms with Gasteiger partial charge in [-0.05, 0) is 107 Å². The number of alkyl halides is 4. The molecule has 78 heavy (non-hydrogen) atoms. The molecule has 0 unspecified atom stereocenters. The van der Waals surface area contributed by atoms with Crippen LogP contribution in [0, 0.1) is 0 Å². The fourth-order valence-electron chi connectivity index (χ4n) is 9.13. The average Bonchev–Trinajstić information content (AvgIpc) is 3.60. The summed E-state index contributed by atoms with van der Waals surface area (Å²) in [7, 11) is 2.70. The molecule has 5 saturated heterocycles. The van der Waals surface area contributed by atoms with Gasteiger partial charge < -0.3 is 58.5 Å². The Balaban J connectivity index is 0.000000173. The SMILES string of the molecule is CC1(C)COCCN1c1nc(-c2cnc(N)cc2C(F)F)nc(N2CCOCC2(C)C)n1.CC1(C)COCCN1c1nc(Cl)nc(N2CCOCC2(C)C)n1.CN(C)C=Nc1cc(C(F)F)c(B2OC(C)(C)C(C)(C)O2)cn1. The van der Waals surface area contributed by atoms with Gasteiger partial charge in [0.1, 0.15) is 5.82 Å². The molecule has 0 amide bonds. The number of pyridine rings is 2. The van der Waals surface area contributed by atoms with E-state index in [2.05, 4.69) is 72.4 Å². The zero-order valence-corrected chi connectivity index (χ0v) is 48.0. The van der Waals surface area contributed by atoms with Gasteiger partial charge in [-0.2, -0.15) is 29.9 Å². The molecule has 5 aliphatic rings. The fraction of sp³-hybridized carbons (Fsp3) is 0.667. The molecule has 0 bridgehead atoms. The van der Waals surface area contributed by atoms with E-state index in [9.17, 15) is 17.6 Å². The summed E-state index contributed by atoms with van der Waals surface area (Å²) in [6.07, 6.45) is -1.26. The number of nitrogen functional groups attached to an aromatic ring is 1. The van der Waals surface area contributed by atoms with Gasteiger partial charge in [0.25, 0.3) is 12.9 Å². The van der Waals surface area contributed by atoms with Gasteiger partial charge in [-0.15, -0.1) is 0 Å². The first kappa shape index (κ1) is 60.3. The Morgan fingerprint density at radius 1 is 0.590 bits per heavy atom. The molecule has 428 valence electrons. The fourth-order valence-corrected chi connectivity index (χ4v) is 9.28. The minimum atomic E-state index is -2.75. The van der Waals surface area contributed by atoms with Crippen molar-refractivity contribution in [1.82, 2.24) is 44.8 Å². The molecule has 4 aromatic heterocycles. The zero-order valence-electron chi connectivity index (χ0n) is 47.3. The minimum absolute atomic E-state index is 0.0159. The van der Waals surface area contributed by atoms with Crippen molar-refractivity contribution in [3.63, 3.8) is 0 Å². The maximum atomic E-state index is 13.8. The van der Waals surface area contributed by atoms with Crippen LogP contribution in [0.2, 0.25) is 5.28 Å². The smallest absolute Gasteiger partial charge is 0.399 e. The number of nitrogens with two attached hydrogens (primary N) is 1. The van der Waals surface area contributed by atoms with E-state index in [0.717, 1.165) is 13.1 Å². The van der Waals surface area contributed by atoms with Crippen LogP contribution in [0.3, 0.4) is 0 Å². The van der Waals surface area contributed by atoms with Gasteiger partial charge >= 0.3 is 7.12 Å². The van der Waals surface area contributed by atoms with E-state index in [1.807, 2.05) is 65.2 Å². The van der Waals surface area contributed by atoms with Crippen LogP contribution in [0.4, 0.5) is 53.0 Å². The number of ether oxygens (including phenoxy) is 4. The Morgan fingerprint density at radius 3 is 1.36 bits per heavy atom. The van der Waals surface area contributed by atoms with Crippen LogP contribution < -0.4 is 30.8 Å².